The number of benzene rings is 1. The van der Waals surface area contributed by atoms with Crippen LogP contribution in [0.1, 0.15) is 17.2 Å². The lowest BCUT2D eigenvalue weighted by atomic mass is 10.0. The maximum Gasteiger partial charge on any atom is 0.325 e. The van der Waals surface area contributed by atoms with E-state index in [0.717, 1.165) is 0 Å². The molecule has 0 radical (unpaired) electrons. The number of aryl methyl sites for hydroxylation is 1. The van der Waals surface area contributed by atoms with Gasteiger partial charge in [-0.2, -0.15) is 0 Å². The Balaban J connectivity index is 3.38. The minimum atomic E-state index is -1.32. The van der Waals surface area contributed by atoms with Crippen LogP contribution in [0.4, 0.5) is 0 Å². The zero-order valence-electron chi connectivity index (χ0n) is 7.86. The Bertz CT molecular complexity index is 419. The maximum atomic E-state index is 10.6. The number of carboxylic acids is 1. The fourth-order valence-electron chi connectivity index (χ4n) is 1.15. The van der Waals surface area contributed by atoms with Crippen molar-refractivity contribution in [3.05, 3.63) is 21.7 Å². The summed E-state index contributed by atoms with van der Waals surface area (Å²) < 4.78 is 0.0502. The lowest BCUT2D eigenvalue weighted by Gasteiger charge is -2.13. The Labute approximate surface area is 94.3 Å². The highest BCUT2D eigenvalue weighted by atomic mass is 79.9. The van der Waals surface area contributed by atoms with Crippen molar-refractivity contribution in [2.75, 3.05) is 0 Å². The van der Waals surface area contributed by atoms with Crippen molar-refractivity contribution in [3.8, 4) is 11.5 Å². The monoisotopic (exact) mass is 275 g/mol. The van der Waals surface area contributed by atoms with E-state index in [-0.39, 0.29) is 21.5 Å². The molecule has 0 bridgehead atoms. The van der Waals surface area contributed by atoms with Crippen LogP contribution in [-0.4, -0.2) is 21.3 Å². The number of nitrogens with two attached hydrogens (primary N) is 1. The quantitative estimate of drug-likeness (QED) is 0.651. The van der Waals surface area contributed by atoms with Gasteiger partial charge in [0.15, 0.2) is 0 Å². The van der Waals surface area contributed by atoms with E-state index in [0.29, 0.717) is 5.56 Å². The van der Waals surface area contributed by atoms with Gasteiger partial charge in [0.25, 0.3) is 0 Å². The topological polar surface area (TPSA) is 104 Å². The van der Waals surface area contributed by atoms with Crippen LogP contribution >= 0.6 is 15.9 Å². The van der Waals surface area contributed by atoms with Gasteiger partial charge in [-0.05, 0) is 34.5 Å². The molecule has 1 atom stereocenters. The molecule has 0 aliphatic rings. The molecule has 0 saturated carbocycles. The first kappa shape index (κ1) is 11.8. The first-order chi connectivity index (χ1) is 6.86. The molecule has 0 saturated heterocycles. The number of phenolic OH excluding ortho intramolecular Hbond substituents is 2. The van der Waals surface area contributed by atoms with Gasteiger partial charge in [0.1, 0.15) is 22.0 Å². The van der Waals surface area contributed by atoms with Crippen LogP contribution in [-0.2, 0) is 4.79 Å². The van der Waals surface area contributed by atoms with E-state index in [9.17, 15) is 15.0 Å². The first-order valence-corrected chi connectivity index (χ1v) is 4.84. The zero-order valence-corrected chi connectivity index (χ0v) is 9.45. The lowest BCUT2D eigenvalue weighted by molar-refractivity contribution is -0.138. The van der Waals surface area contributed by atoms with Crippen LogP contribution in [0, 0.1) is 6.92 Å². The number of aromatic hydroxyl groups is 2. The molecular weight excluding hydrogens is 266 g/mol. The molecule has 6 heteroatoms. The highest BCUT2D eigenvalue weighted by Gasteiger charge is 2.22. The van der Waals surface area contributed by atoms with Crippen molar-refractivity contribution in [2.24, 2.45) is 5.73 Å². The van der Waals surface area contributed by atoms with Gasteiger partial charge < -0.3 is 21.1 Å². The van der Waals surface area contributed by atoms with Crippen LogP contribution in [0.2, 0.25) is 0 Å². The predicted molar refractivity (Wildman–Crippen MR) is 56.8 cm³/mol. The number of halogens is 1. The van der Waals surface area contributed by atoms with E-state index in [1.54, 1.807) is 6.92 Å². The normalized spacial score (nSPS) is 12.5. The van der Waals surface area contributed by atoms with Crippen LogP contribution in [0.5, 0.6) is 11.5 Å². The molecule has 5 N–H and O–H groups in total. The Morgan fingerprint density at radius 1 is 1.47 bits per heavy atom. The molecule has 0 fully saturated rings. The Morgan fingerprint density at radius 3 is 2.47 bits per heavy atom. The number of rotatable bonds is 2. The predicted octanol–water partition coefficient (Wildman–Crippen LogP) is 1.25. The number of aliphatic carboxylic acids is 1. The molecule has 0 heterocycles. The Kier molecular flexibility index (Phi) is 3.21. The summed E-state index contributed by atoms with van der Waals surface area (Å²) in [7, 11) is 0. The average molecular weight is 276 g/mol. The van der Waals surface area contributed by atoms with Gasteiger partial charge in [-0.25, -0.2) is 0 Å². The second-order valence-corrected chi connectivity index (χ2v) is 3.90. The standard InChI is InChI=1S/C9H10BrNO4/c1-3-2-4(6(11)9(14)15)8(13)5(10)7(3)12/h2,6,12-13H,11H2,1H3,(H,14,15). The van der Waals surface area contributed by atoms with Crippen LogP contribution < -0.4 is 5.73 Å². The van der Waals surface area contributed by atoms with E-state index < -0.39 is 12.0 Å². The highest BCUT2D eigenvalue weighted by molar-refractivity contribution is 9.10. The fourth-order valence-corrected chi connectivity index (χ4v) is 1.69. The second-order valence-electron chi connectivity index (χ2n) is 3.11. The summed E-state index contributed by atoms with van der Waals surface area (Å²) in [5.41, 5.74) is 5.86. The molecule has 82 valence electrons. The molecule has 0 amide bonds. The molecule has 1 aromatic carbocycles. The summed E-state index contributed by atoms with van der Waals surface area (Å²) >= 11 is 2.95. The third-order valence-electron chi connectivity index (χ3n) is 2.04. The summed E-state index contributed by atoms with van der Waals surface area (Å²) in [6.07, 6.45) is 0. The van der Waals surface area contributed by atoms with Crippen molar-refractivity contribution in [2.45, 2.75) is 13.0 Å². The second kappa shape index (κ2) is 4.08. The summed E-state index contributed by atoms with van der Waals surface area (Å²) in [6.45, 7) is 1.58. The third-order valence-corrected chi connectivity index (χ3v) is 2.79. The van der Waals surface area contributed by atoms with Crippen LogP contribution in [0.25, 0.3) is 0 Å². The van der Waals surface area contributed by atoms with Gasteiger partial charge in [0.2, 0.25) is 0 Å². The molecule has 1 aromatic rings. The van der Waals surface area contributed by atoms with Crippen molar-refractivity contribution < 1.29 is 20.1 Å². The van der Waals surface area contributed by atoms with Gasteiger partial charge >= 0.3 is 5.97 Å². The summed E-state index contributed by atoms with van der Waals surface area (Å²) in [5, 5.41) is 27.7. The molecule has 0 spiro atoms. The van der Waals surface area contributed by atoms with E-state index in [1.807, 2.05) is 0 Å². The lowest BCUT2D eigenvalue weighted by Crippen LogP contribution is -2.20. The number of hydrogen-bond donors (Lipinski definition) is 4. The molecule has 0 aliphatic heterocycles. The van der Waals surface area contributed by atoms with Crippen LogP contribution in [0.15, 0.2) is 10.5 Å². The zero-order chi connectivity index (χ0) is 11.7. The van der Waals surface area contributed by atoms with Crippen molar-refractivity contribution >= 4 is 21.9 Å². The van der Waals surface area contributed by atoms with E-state index in [1.165, 1.54) is 6.07 Å². The third kappa shape index (κ3) is 2.05. The van der Waals surface area contributed by atoms with Crippen molar-refractivity contribution in [1.82, 2.24) is 0 Å². The average Bonchev–Trinajstić information content (AvgIpc) is 2.19. The molecular formula is C9H10BrNO4. The minimum Gasteiger partial charge on any atom is -0.506 e. The van der Waals surface area contributed by atoms with Gasteiger partial charge in [-0.15, -0.1) is 0 Å². The molecule has 15 heavy (non-hydrogen) atoms. The number of phenols is 2. The maximum absolute atomic E-state index is 10.6. The molecule has 1 unspecified atom stereocenters. The Hall–Kier alpha value is -1.27. The summed E-state index contributed by atoms with van der Waals surface area (Å²) in [4.78, 5) is 10.6. The van der Waals surface area contributed by atoms with E-state index >= 15 is 0 Å². The number of carbonyl (C=O) groups is 1. The molecule has 0 aromatic heterocycles. The SMILES string of the molecule is Cc1cc(C(N)C(=O)O)c(O)c(Br)c1O. The molecule has 1 rings (SSSR count). The molecule has 5 nitrogen and oxygen atoms in total. The minimum absolute atomic E-state index is 0.0502. The van der Waals surface area contributed by atoms with E-state index in [4.69, 9.17) is 10.8 Å². The van der Waals surface area contributed by atoms with Crippen molar-refractivity contribution in [3.63, 3.8) is 0 Å². The summed E-state index contributed by atoms with van der Waals surface area (Å²) in [6, 6.07) is 0.0226. The van der Waals surface area contributed by atoms with E-state index in [2.05, 4.69) is 15.9 Å². The first-order valence-electron chi connectivity index (χ1n) is 4.05. The van der Waals surface area contributed by atoms with Gasteiger partial charge in [-0.3, -0.25) is 4.79 Å². The van der Waals surface area contributed by atoms with Crippen molar-refractivity contribution in [1.29, 1.82) is 0 Å². The summed E-state index contributed by atoms with van der Waals surface area (Å²) in [5.74, 6) is -1.73. The fraction of sp³-hybridized carbons (Fsp3) is 0.222. The van der Waals surface area contributed by atoms with Crippen LogP contribution in [0.3, 0.4) is 0 Å². The number of carboxylic acid groups (broad SMARTS) is 1. The van der Waals surface area contributed by atoms with Gasteiger partial charge in [-0.1, -0.05) is 0 Å². The smallest absolute Gasteiger partial charge is 0.325 e. The molecule has 0 aliphatic carbocycles. The largest absolute Gasteiger partial charge is 0.506 e. The van der Waals surface area contributed by atoms with Gasteiger partial charge in [0, 0.05) is 5.56 Å². The highest BCUT2D eigenvalue weighted by Crippen LogP contribution is 2.40. The Morgan fingerprint density at radius 2 is 2.00 bits per heavy atom. The number of hydrogen-bond acceptors (Lipinski definition) is 4. The van der Waals surface area contributed by atoms with Gasteiger partial charge in [0.05, 0.1) is 0 Å².